The van der Waals surface area contributed by atoms with Crippen molar-refractivity contribution in [1.29, 1.82) is 0 Å². The van der Waals surface area contributed by atoms with Gasteiger partial charge in [0.1, 0.15) is 0 Å². The van der Waals surface area contributed by atoms with E-state index in [1.165, 1.54) is 28.0 Å². The Bertz CT molecular complexity index is 1460. The molecule has 2 aromatic carbocycles. The van der Waals surface area contributed by atoms with Crippen molar-refractivity contribution in [2.45, 2.75) is 13.5 Å². The summed E-state index contributed by atoms with van der Waals surface area (Å²) in [5.41, 5.74) is -0.192. The van der Waals surface area contributed by atoms with E-state index >= 15 is 0 Å². The Kier molecular flexibility index (Phi) is 5.65. The minimum atomic E-state index is -0.488. The van der Waals surface area contributed by atoms with Crippen LogP contribution in [0.1, 0.15) is 6.92 Å². The van der Waals surface area contributed by atoms with Crippen molar-refractivity contribution in [3.8, 4) is 0 Å². The Labute approximate surface area is 177 Å². The molecule has 0 spiro atoms. The van der Waals surface area contributed by atoms with Crippen LogP contribution in [0.2, 0.25) is 0 Å². The zero-order valence-electron chi connectivity index (χ0n) is 16.8. The largest absolute Gasteiger partial charge is 0.336 e. The number of aromatic nitrogens is 2. The number of carbonyl (C=O) groups excluding carboxylic acids is 1. The number of rotatable bonds is 4. The van der Waals surface area contributed by atoms with Crippen LogP contribution in [0.4, 0.5) is 5.69 Å². The first-order valence-corrected chi connectivity index (χ1v) is 9.19. The second-order valence-corrected chi connectivity index (χ2v) is 7.33. The summed E-state index contributed by atoms with van der Waals surface area (Å²) in [4.78, 5) is 53.0. The third-order valence-corrected chi connectivity index (χ3v) is 4.96. The van der Waals surface area contributed by atoms with Gasteiger partial charge in [0.15, 0.2) is 5.43 Å². The van der Waals surface area contributed by atoms with Gasteiger partial charge < -0.3 is 10.2 Å². The molecule has 0 unspecified atom stereocenters. The lowest BCUT2D eigenvalue weighted by Crippen LogP contribution is -2.40. The van der Waals surface area contributed by atoms with Crippen LogP contribution in [0.3, 0.4) is 0 Å². The maximum Gasteiger partial charge on any atom is 0.336 e. The topological polar surface area (TPSA) is 92.9 Å². The highest BCUT2D eigenvalue weighted by atomic mass is 35.5. The van der Waals surface area contributed by atoms with Crippen LogP contribution >= 0.6 is 12.4 Å². The first-order chi connectivity index (χ1) is 13.8. The summed E-state index contributed by atoms with van der Waals surface area (Å²) in [7, 11) is 3.71. The number of nitrogens with one attached hydrogen (secondary N) is 1. The number of benzene rings is 2. The number of pyridine rings is 1. The molecule has 0 aliphatic heterocycles. The van der Waals surface area contributed by atoms with E-state index in [-0.39, 0.29) is 46.6 Å². The smallest absolute Gasteiger partial charge is 0.326 e. The van der Waals surface area contributed by atoms with Crippen molar-refractivity contribution in [2.75, 3.05) is 26.0 Å². The third-order valence-electron chi connectivity index (χ3n) is 4.96. The van der Waals surface area contributed by atoms with Crippen LogP contribution in [0.5, 0.6) is 0 Å². The van der Waals surface area contributed by atoms with Crippen molar-refractivity contribution in [1.82, 2.24) is 13.9 Å². The van der Waals surface area contributed by atoms with Crippen molar-refractivity contribution in [3.63, 3.8) is 0 Å². The zero-order chi connectivity index (χ0) is 20.9. The highest BCUT2D eigenvalue weighted by Gasteiger charge is 2.19. The van der Waals surface area contributed by atoms with Crippen LogP contribution in [-0.4, -0.2) is 40.4 Å². The average Bonchev–Trinajstić information content (AvgIpc) is 2.66. The second kappa shape index (κ2) is 7.89. The molecular weight excluding hydrogens is 408 g/mol. The van der Waals surface area contributed by atoms with E-state index in [4.69, 9.17) is 0 Å². The van der Waals surface area contributed by atoms with Gasteiger partial charge in [0, 0.05) is 36.5 Å². The first kappa shape index (κ1) is 21.5. The number of amides is 1. The van der Waals surface area contributed by atoms with Crippen molar-refractivity contribution < 1.29 is 4.79 Å². The molecule has 1 N–H and O–H groups in total. The normalized spacial score (nSPS) is 11.3. The maximum atomic E-state index is 13.3. The average molecular weight is 429 g/mol. The predicted molar refractivity (Wildman–Crippen MR) is 121 cm³/mol. The number of para-hydroxylation sites is 1. The summed E-state index contributed by atoms with van der Waals surface area (Å²) < 4.78 is 2.60. The lowest BCUT2D eigenvalue weighted by molar-refractivity contribution is -0.114. The SMILES string of the molecule is CC(=O)Nc1cc2c(=O)c3ccccc3n3c(=O)n(CCN(C)C)c(=O)c(c1)c23.Cl. The standard InChI is InChI=1S/C21H20N4O4.ClH/c1-12(26)22-13-10-15-18-16(11-13)20(28)24(9-8-23(2)3)21(29)25(18)17-7-5-4-6-14(17)19(15)27;/h4-7,10-11H,8-9H2,1-3H3,(H,22,26);1H. The highest BCUT2D eigenvalue weighted by molar-refractivity contribution is 6.05. The molecule has 2 heterocycles. The van der Waals surface area contributed by atoms with Crippen LogP contribution < -0.4 is 22.0 Å². The van der Waals surface area contributed by atoms with E-state index in [1.807, 2.05) is 19.0 Å². The van der Waals surface area contributed by atoms with Gasteiger partial charge in [-0.2, -0.15) is 0 Å². The van der Waals surface area contributed by atoms with E-state index in [0.717, 1.165) is 0 Å². The van der Waals surface area contributed by atoms with Gasteiger partial charge in [0.2, 0.25) is 5.91 Å². The fraction of sp³-hybridized carbons (Fsp3) is 0.238. The fourth-order valence-corrected chi connectivity index (χ4v) is 3.66. The third kappa shape index (κ3) is 3.34. The molecule has 30 heavy (non-hydrogen) atoms. The van der Waals surface area contributed by atoms with Crippen LogP contribution in [0, 0.1) is 0 Å². The number of likely N-dealkylation sites (N-methyl/N-ethyl adjacent to an activating group) is 1. The van der Waals surface area contributed by atoms with Gasteiger partial charge in [-0.3, -0.25) is 23.4 Å². The number of nitrogens with zero attached hydrogens (tertiary/aromatic N) is 3. The molecule has 0 radical (unpaired) electrons. The van der Waals surface area contributed by atoms with Gasteiger partial charge in [0.25, 0.3) is 5.56 Å². The number of anilines is 1. The molecule has 0 aliphatic carbocycles. The molecule has 0 saturated heterocycles. The summed E-state index contributed by atoms with van der Waals surface area (Å²) in [5, 5.41) is 3.45. The van der Waals surface area contributed by atoms with Crippen molar-refractivity contribution in [2.24, 2.45) is 0 Å². The van der Waals surface area contributed by atoms with Gasteiger partial charge in [-0.1, -0.05) is 12.1 Å². The molecule has 0 fully saturated rings. The number of fused-ring (bicyclic) bond motifs is 2. The fourth-order valence-electron chi connectivity index (χ4n) is 3.66. The molecule has 0 saturated carbocycles. The van der Waals surface area contributed by atoms with Crippen molar-refractivity contribution >= 4 is 51.2 Å². The minimum Gasteiger partial charge on any atom is -0.326 e. The van der Waals surface area contributed by atoms with Crippen LogP contribution in [0.15, 0.2) is 50.8 Å². The Morgan fingerprint density at radius 3 is 2.37 bits per heavy atom. The van der Waals surface area contributed by atoms with E-state index in [9.17, 15) is 19.2 Å². The quantitative estimate of drug-likeness (QED) is 0.393. The molecule has 8 nitrogen and oxygen atoms in total. The molecule has 4 rings (SSSR count). The second-order valence-electron chi connectivity index (χ2n) is 7.33. The lowest BCUT2D eigenvalue weighted by Gasteiger charge is -2.16. The van der Waals surface area contributed by atoms with Gasteiger partial charge in [-0.15, -0.1) is 12.4 Å². The maximum absolute atomic E-state index is 13.3. The molecule has 0 aliphatic rings. The summed E-state index contributed by atoms with van der Waals surface area (Å²) in [6.07, 6.45) is 0. The molecule has 156 valence electrons. The molecule has 0 atom stereocenters. The monoisotopic (exact) mass is 428 g/mol. The van der Waals surface area contributed by atoms with E-state index in [0.29, 0.717) is 23.1 Å². The Balaban J connectivity index is 0.00000256. The van der Waals surface area contributed by atoms with E-state index < -0.39 is 11.2 Å². The molecule has 9 heteroatoms. The number of hydrogen-bond acceptors (Lipinski definition) is 5. The zero-order valence-corrected chi connectivity index (χ0v) is 17.6. The Morgan fingerprint density at radius 2 is 1.70 bits per heavy atom. The molecule has 2 aromatic heterocycles. The lowest BCUT2D eigenvalue weighted by atomic mass is 10.1. The number of carbonyl (C=O) groups is 1. The van der Waals surface area contributed by atoms with E-state index in [1.54, 1.807) is 24.3 Å². The summed E-state index contributed by atoms with van der Waals surface area (Å²) in [6.45, 7) is 2.05. The first-order valence-electron chi connectivity index (χ1n) is 9.19. The molecule has 4 aromatic rings. The summed E-state index contributed by atoms with van der Waals surface area (Å²) >= 11 is 0. The summed E-state index contributed by atoms with van der Waals surface area (Å²) in [6, 6.07) is 9.85. The van der Waals surface area contributed by atoms with Gasteiger partial charge in [-0.05, 0) is 38.4 Å². The number of halogens is 1. The number of hydrogen-bond donors (Lipinski definition) is 1. The van der Waals surface area contributed by atoms with Crippen LogP contribution in [-0.2, 0) is 11.3 Å². The Hall–Kier alpha value is -3.23. The minimum absolute atomic E-state index is 0. The van der Waals surface area contributed by atoms with Crippen LogP contribution in [0.25, 0.3) is 27.2 Å². The van der Waals surface area contributed by atoms with Crippen molar-refractivity contribution in [3.05, 3.63) is 67.5 Å². The highest BCUT2D eigenvalue weighted by Crippen LogP contribution is 2.24. The Morgan fingerprint density at radius 1 is 1.03 bits per heavy atom. The summed E-state index contributed by atoms with van der Waals surface area (Å²) in [5.74, 6) is -0.318. The molecular formula is C21H21ClN4O4. The van der Waals surface area contributed by atoms with Gasteiger partial charge >= 0.3 is 5.69 Å². The van der Waals surface area contributed by atoms with Gasteiger partial charge in [-0.25, -0.2) is 4.79 Å². The molecule has 0 bridgehead atoms. The predicted octanol–water partition coefficient (Wildman–Crippen LogP) is 1.51. The van der Waals surface area contributed by atoms with Gasteiger partial charge in [0.05, 0.1) is 16.4 Å². The molecule has 1 amide bonds. The van der Waals surface area contributed by atoms with E-state index in [2.05, 4.69) is 5.32 Å².